The van der Waals surface area contributed by atoms with Crippen LogP contribution >= 0.6 is 11.6 Å². The van der Waals surface area contributed by atoms with E-state index in [2.05, 4.69) is 4.98 Å². The summed E-state index contributed by atoms with van der Waals surface area (Å²) in [4.78, 5) is 38.7. The lowest BCUT2D eigenvalue weighted by Gasteiger charge is -2.31. The van der Waals surface area contributed by atoms with Gasteiger partial charge in [-0.3, -0.25) is 19.1 Å². The molecule has 3 aromatic rings. The Morgan fingerprint density at radius 3 is 2.28 bits per heavy atom. The summed E-state index contributed by atoms with van der Waals surface area (Å²) < 4.78 is 25.3. The lowest BCUT2D eigenvalue weighted by atomic mass is 9.97. The van der Waals surface area contributed by atoms with E-state index in [-0.39, 0.29) is 18.2 Å². The second-order valence-electron chi connectivity index (χ2n) is 8.73. The van der Waals surface area contributed by atoms with Gasteiger partial charge < -0.3 is 18.9 Å². The van der Waals surface area contributed by atoms with Crippen LogP contribution < -0.4 is 11.2 Å². The Kier molecular flexibility index (Phi) is 8.05. The zero-order chi connectivity index (χ0) is 25.7. The predicted molar refractivity (Wildman–Crippen MR) is 132 cm³/mol. The summed E-state index contributed by atoms with van der Waals surface area (Å²) in [5.41, 5.74) is -0.748. The summed E-state index contributed by atoms with van der Waals surface area (Å²) in [6, 6.07) is 19.1. The van der Waals surface area contributed by atoms with Crippen LogP contribution in [-0.2, 0) is 37.0 Å². The fourth-order valence-corrected chi connectivity index (χ4v) is 4.33. The number of carbonyl (C=O) groups excluding carboxylic acids is 1. The molecule has 190 valence electrons. The van der Waals surface area contributed by atoms with Gasteiger partial charge in [0.25, 0.3) is 5.56 Å². The number of rotatable bonds is 9. The molecule has 4 unspecified atom stereocenters. The van der Waals surface area contributed by atoms with Crippen LogP contribution in [0.5, 0.6) is 0 Å². The minimum absolute atomic E-state index is 0.0709. The number of hydrogen-bond acceptors (Lipinski definition) is 7. The third-order valence-corrected chi connectivity index (χ3v) is 6.11. The predicted octanol–water partition coefficient (Wildman–Crippen LogP) is 3.21. The van der Waals surface area contributed by atoms with E-state index >= 15 is 0 Å². The van der Waals surface area contributed by atoms with Crippen molar-refractivity contribution in [2.24, 2.45) is 0 Å². The molecule has 1 aliphatic rings. The summed E-state index contributed by atoms with van der Waals surface area (Å²) in [6.45, 7) is 3.62. The van der Waals surface area contributed by atoms with Gasteiger partial charge in [0.05, 0.1) is 19.8 Å². The summed E-state index contributed by atoms with van der Waals surface area (Å²) in [6.07, 6.45) is -1.81. The van der Waals surface area contributed by atoms with Crippen LogP contribution in [0.15, 0.2) is 76.4 Å². The van der Waals surface area contributed by atoms with Gasteiger partial charge >= 0.3 is 11.7 Å². The minimum Gasteiger partial charge on any atom is -0.455 e. The highest BCUT2D eigenvalue weighted by atomic mass is 35.5. The largest absolute Gasteiger partial charge is 0.455 e. The molecule has 1 N–H and O–H groups in total. The molecule has 0 aliphatic carbocycles. The quantitative estimate of drug-likeness (QED) is 0.437. The average Bonchev–Trinajstić information content (AvgIpc) is 3.12. The van der Waals surface area contributed by atoms with Crippen LogP contribution in [-0.4, -0.2) is 39.9 Å². The van der Waals surface area contributed by atoms with Crippen molar-refractivity contribution in [1.82, 2.24) is 9.55 Å². The van der Waals surface area contributed by atoms with Crippen LogP contribution in [0.2, 0.25) is 5.02 Å². The first-order valence-electron chi connectivity index (χ1n) is 11.4. The van der Waals surface area contributed by atoms with E-state index in [1.165, 1.54) is 6.92 Å². The Morgan fingerprint density at radius 2 is 1.67 bits per heavy atom. The molecule has 0 spiro atoms. The van der Waals surface area contributed by atoms with E-state index < -0.39 is 41.3 Å². The zero-order valence-electron chi connectivity index (χ0n) is 19.9. The third kappa shape index (κ3) is 5.93. The molecular formula is C26H27ClN2O7. The maximum absolute atomic E-state index is 12.7. The van der Waals surface area contributed by atoms with Crippen LogP contribution in [0, 0.1) is 0 Å². The lowest BCUT2D eigenvalue weighted by molar-refractivity contribution is -0.159. The van der Waals surface area contributed by atoms with E-state index in [4.69, 9.17) is 30.5 Å². The number of nitrogens with zero attached hydrogens (tertiary/aromatic N) is 1. The van der Waals surface area contributed by atoms with Crippen molar-refractivity contribution in [2.75, 3.05) is 6.61 Å². The van der Waals surface area contributed by atoms with E-state index in [9.17, 15) is 14.4 Å². The monoisotopic (exact) mass is 514 g/mol. The molecule has 36 heavy (non-hydrogen) atoms. The normalized spacial score (nSPS) is 23.5. The van der Waals surface area contributed by atoms with Crippen molar-refractivity contribution >= 4 is 17.6 Å². The number of nitrogens with one attached hydrogen (secondary N) is 1. The number of H-pyrrole nitrogens is 1. The number of carbonyl (C=O) groups is 1. The average molecular weight is 515 g/mol. The van der Waals surface area contributed by atoms with Gasteiger partial charge in [-0.15, -0.1) is 0 Å². The molecule has 4 rings (SSSR count). The number of ether oxygens (including phenoxy) is 4. The molecule has 0 bridgehead atoms. The molecule has 1 saturated heterocycles. The fourth-order valence-electron chi connectivity index (χ4n) is 4.18. The van der Waals surface area contributed by atoms with Crippen molar-refractivity contribution in [2.45, 2.75) is 51.1 Å². The summed E-state index contributed by atoms with van der Waals surface area (Å²) in [7, 11) is 0. The third-order valence-electron chi connectivity index (χ3n) is 5.84. The first-order valence-corrected chi connectivity index (χ1v) is 11.8. The van der Waals surface area contributed by atoms with E-state index in [0.717, 1.165) is 21.9 Å². The Hall–Kier alpha value is -3.24. The Bertz CT molecular complexity index is 1290. The van der Waals surface area contributed by atoms with Crippen LogP contribution in [0.4, 0.5) is 0 Å². The maximum atomic E-state index is 12.7. The Labute approximate surface area is 212 Å². The molecule has 0 saturated carbocycles. The van der Waals surface area contributed by atoms with E-state index in [1.54, 1.807) is 6.92 Å². The molecule has 10 heteroatoms. The first-order chi connectivity index (χ1) is 17.3. The molecule has 0 radical (unpaired) electrons. The summed E-state index contributed by atoms with van der Waals surface area (Å²) >= 11 is 6.00. The highest BCUT2D eigenvalue weighted by molar-refractivity contribution is 6.30. The number of hydrogen-bond donors (Lipinski definition) is 1. The smallest absolute Gasteiger partial charge is 0.330 e. The minimum atomic E-state index is -1.13. The molecular weight excluding hydrogens is 488 g/mol. The van der Waals surface area contributed by atoms with Crippen molar-refractivity contribution in [3.8, 4) is 0 Å². The molecule has 0 amide bonds. The van der Waals surface area contributed by atoms with Gasteiger partial charge in [-0.25, -0.2) is 4.79 Å². The second-order valence-corrected chi connectivity index (χ2v) is 9.14. The van der Waals surface area contributed by atoms with Crippen molar-refractivity contribution in [3.63, 3.8) is 0 Å². The van der Waals surface area contributed by atoms with E-state index in [1.807, 2.05) is 60.7 Å². The van der Waals surface area contributed by atoms with Gasteiger partial charge in [-0.2, -0.15) is 0 Å². The highest BCUT2D eigenvalue weighted by Gasteiger charge is 2.56. The van der Waals surface area contributed by atoms with Crippen molar-refractivity contribution in [3.05, 3.63) is 104 Å². The fraction of sp³-hybridized carbons (Fsp3) is 0.346. The topological polar surface area (TPSA) is 109 Å². The molecule has 2 aromatic carbocycles. The second kappa shape index (κ2) is 11.2. The Morgan fingerprint density at radius 1 is 1.06 bits per heavy atom. The van der Waals surface area contributed by atoms with Crippen molar-refractivity contribution in [1.29, 1.82) is 0 Å². The summed E-state index contributed by atoms with van der Waals surface area (Å²) in [5, 5.41) is -0.213. The number of benzene rings is 2. The highest BCUT2D eigenvalue weighted by Crippen LogP contribution is 2.41. The zero-order valence-corrected chi connectivity index (χ0v) is 20.6. The van der Waals surface area contributed by atoms with E-state index in [0.29, 0.717) is 6.61 Å². The summed E-state index contributed by atoms with van der Waals surface area (Å²) in [5.74, 6) is -0.583. The molecule has 1 aromatic heterocycles. The molecule has 1 aliphatic heterocycles. The first kappa shape index (κ1) is 25.8. The molecule has 4 atom stereocenters. The lowest BCUT2D eigenvalue weighted by Crippen LogP contribution is -2.47. The van der Waals surface area contributed by atoms with Gasteiger partial charge in [0.2, 0.25) is 0 Å². The van der Waals surface area contributed by atoms with Gasteiger partial charge in [0.15, 0.2) is 12.3 Å². The van der Waals surface area contributed by atoms with Crippen molar-refractivity contribution < 1.29 is 23.7 Å². The van der Waals surface area contributed by atoms with Gasteiger partial charge in [0, 0.05) is 13.1 Å². The van der Waals surface area contributed by atoms with Crippen LogP contribution in [0.3, 0.4) is 0 Å². The van der Waals surface area contributed by atoms with Crippen LogP contribution in [0.1, 0.15) is 31.2 Å². The number of aromatic amines is 1. The van der Waals surface area contributed by atoms with Crippen LogP contribution in [0.25, 0.3) is 0 Å². The standard InChI is InChI=1S/C26H27ClN2O7/c1-17(30)35-21-22(34-15-19-11-7-4-8-12-19)26(2,16-33-14-18-9-5-3-6-10-18)36-24(21)29-13-20(27)23(31)28-25(29)32/h3-13,21-22,24H,14-16H2,1-2H3,(H,28,31,32). The van der Waals surface area contributed by atoms with Gasteiger partial charge in [-0.1, -0.05) is 72.3 Å². The maximum Gasteiger partial charge on any atom is 0.330 e. The number of aromatic nitrogens is 2. The Balaban J connectivity index is 1.66. The van der Waals surface area contributed by atoms with Gasteiger partial charge in [0.1, 0.15) is 16.7 Å². The molecule has 1 fully saturated rings. The molecule has 2 heterocycles. The molecule has 9 nitrogen and oxygen atoms in total. The number of esters is 1. The number of halogens is 1. The van der Waals surface area contributed by atoms with Gasteiger partial charge in [-0.05, 0) is 18.1 Å². The SMILES string of the molecule is CC(=O)OC1C(n2cc(Cl)c(=O)[nH]c2=O)OC(C)(COCc2ccccc2)C1OCc1ccccc1.